The third-order valence-electron chi connectivity index (χ3n) is 3.84. The summed E-state index contributed by atoms with van der Waals surface area (Å²) in [5.74, 6) is -0.0573. The van der Waals surface area contributed by atoms with Gasteiger partial charge in [-0.05, 0) is 36.5 Å². The van der Waals surface area contributed by atoms with Gasteiger partial charge >= 0.3 is 11.8 Å². The lowest BCUT2D eigenvalue weighted by Gasteiger charge is -2.31. The smallest absolute Gasteiger partial charge is 0.417 e. The largest absolute Gasteiger partial charge is 0.453 e. The van der Waals surface area contributed by atoms with Crippen molar-refractivity contribution in [2.24, 2.45) is 0 Å². The zero-order valence-electron chi connectivity index (χ0n) is 11.2. The van der Waals surface area contributed by atoms with Crippen LogP contribution in [-0.2, 0) is 4.74 Å². The van der Waals surface area contributed by atoms with Crippen LogP contribution < -0.4 is 5.76 Å². The number of aromatic amines is 1. The standard InChI is InChI=1S/C14H16N2O4/c1-19-14(18)16-6-4-9(5-7-16)10-2-3-11-12(8-10)20-13(17)15-11/h2-3,8-9H,4-7H2,1H3,(H,15,17). The summed E-state index contributed by atoms with van der Waals surface area (Å²) >= 11 is 0. The van der Waals surface area contributed by atoms with Gasteiger partial charge in [0.25, 0.3) is 0 Å². The molecule has 1 amide bonds. The summed E-state index contributed by atoms with van der Waals surface area (Å²) in [5, 5.41) is 0. The topological polar surface area (TPSA) is 75.5 Å². The van der Waals surface area contributed by atoms with Gasteiger partial charge in [-0.2, -0.15) is 0 Å². The van der Waals surface area contributed by atoms with Crippen molar-refractivity contribution < 1.29 is 13.9 Å². The zero-order chi connectivity index (χ0) is 14.1. The third kappa shape index (κ3) is 2.29. The highest BCUT2D eigenvalue weighted by atomic mass is 16.5. The number of amides is 1. The Morgan fingerprint density at radius 3 is 2.85 bits per heavy atom. The number of nitrogens with one attached hydrogen (secondary N) is 1. The van der Waals surface area contributed by atoms with Crippen molar-refractivity contribution in [1.29, 1.82) is 0 Å². The number of nitrogens with zero attached hydrogens (tertiary/aromatic N) is 1. The van der Waals surface area contributed by atoms with Crippen LogP contribution in [0.25, 0.3) is 11.1 Å². The summed E-state index contributed by atoms with van der Waals surface area (Å²) in [7, 11) is 1.40. The van der Waals surface area contributed by atoms with Crippen LogP contribution in [0.15, 0.2) is 27.4 Å². The number of carbonyl (C=O) groups is 1. The number of oxazole rings is 1. The van der Waals surface area contributed by atoms with Crippen molar-refractivity contribution >= 4 is 17.2 Å². The van der Waals surface area contributed by atoms with Crippen LogP contribution in [0, 0.1) is 0 Å². The van der Waals surface area contributed by atoms with Gasteiger partial charge in [-0.3, -0.25) is 4.98 Å². The normalized spacial score (nSPS) is 16.6. The minimum atomic E-state index is -0.433. The van der Waals surface area contributed by atoms with Crippen LogP contribution in [0.1, 0.15) is 24.3 Å². The van der Waals surface area contributed by atoms with Crippen LogP contribution in [-0.4, -0.2) is 36.2 Å². The zero-order valence-corrected chi connectivity index (χ0v) is 11.2. The molecule has 3 rings (SSSR count). The molecule has 1 fully saturated rings. The predicted octanol–water partition coefficient (Wildman–Crippen LogP) is 2.07. The van der Waals surface area contributed by atoms with E-state index in [1.54, 1.807) is 4.90 Å². The maximum atomic E-state index is 11.4. The van der Waals surface area contributed by atoms with Crippen LogP contribution in [0.3, 0.4) is 0 Å². The molecule has 6 heteroatoms. The molecule has 1 saturated heterocycles. The van der Waals surface area contributed by atoms with E-state index in [-0.39, 0.29) is 6.09 Å². The van der Waals surface area contributed by atoms with E-state index in [2.05, 4.69) is 4.98 Å². The number of hydrogen-bond acceptors (Lipinski definition) is 4. The van der Waals surface area contributed by atoms with E-state index >= 15 is 0 Å². The minimum Gasteiger partial charge on any atom is -0.453 e. The van der Waals surface area contributed by atoms with Crippen molar-refractivity contribution in [2.45, 2.75) is 18.8 Å². The Bertz CT molecular complexity index is 680. The maximum Gasteiger partial charge on any atom is 0.417 e. The first-order chi connectivity index (χ1) is 9.67. The highest BCUT2D eigenvalue weighted by molar-refractivity contribution is 5.73. The molecule has 20 heavy (non-hydrogen) atoms. The number of carbonyl (C=O) groups excluding carboxylic acids is 1. The summed E-state index contributed by atoms with van der Waals surface area (Å²) in [4.78, 5) is 26.9. The van der Waals surface area contributed by atoms with E-state index in [4.69, 9.17) is 9.15 Å². The summed E-state index contributed by atoms with van der Waals surface area (Å²) in [6.45, 7) is 1.37. The highest BCUT2D eigenvalue weighted by Gasteiger charge is 2.24. The number of rotatable bonds is 1. The van der Waals surface area contributed by atoms with E-state index < -0.39 is 5.76 Å². The average Bonchev–Trinajstić information content (AvgIpc) is 2.85. The molecule has 1 N–H and O–H groups in total. The lowest BCUT2D eigenvalue weighted by atomic mass is 9.89. The van der Waals surface area contributed by atoms with Gasteiger partial charge in [0.2, 0.25) is 0 Å². The van der Waals surface area contributed by atoms with Gasteiger partial charge in [-0.1, -0.05) is 6.07 Å². The molecular formula is C14H16N2O4. The Labute approximate surface area is 115 Å². The molecule has 2 aromatic rings. The molecule has 1 aromatic heterocycles. The quantitative estimate of drug-likeness (QED) is 0.865. The fourth-order valence-corrected chi connectivity index (χ4v) is 2.74. The van der Waals surface area contributed by atoms with E-state index in [1.165, 1.54) is 7.11 Å². The number of aromatic nitrogens is 1. The summed E-state index contributed by atoms with van der Waals surface area (Å²) in [6, 6.07) is 5.78. The van der Waals surface area contributed by atoms with Crippen molar-refractivity contribution in [3.63, 3.8) is 0 Å². The van der Waals surface area contributed by atoms with Crippen molar-refractivity contribution in [1.82, 2.24) is 9.88 Å². The van der Waals surface area contributed by atoms with Gasteiger partial charge in [0.1, 0.15) is 0 Å². The molecule has 1 aromatic carbocycles. The number of likely N-dealkylation sites (tertiary alicyclic amines) is 1. The van der Waals surface area contributed by atoms with Gasteiger partial charge in [0.15, 0.2) is 5.58 Å². The fourth-order valence-electron chi connectivity index (χ4n) is 2.74. The lowest BCUT2D eigenvalue weighted by molar-refractivity contribution is 0.112. The number of benzene rings is 1. The van der Waals surface area contributed by atoms with Crippen molar-refractivity contribution in [3.05, 3.63) is 34.3 Å². The van der Waals surface area contributed by atoms with E-state index in [1.807, 2.05) is 18.2 Å². The first-order valence-corrected chi connectivity index (χ1v) is 6.63. The SMILES string of the molecule is COC(=O)N1CCC(c2ccc3[nH]c(=O)oc3c2)CC1. The molecule has 0 spiro atoms. The van der Waals surface area contributed by atoms with Crippen LogP contribution >= 0.6 is 0 Å². The molecule has 106 valence electrons. The Morgan fingerprint density at radius 2 is 2.15 bits per heavy atom. The van der Waals surface area contributed by atoms with Gasteiger partial charge in [-0.25, -0.2) is 9.59 Å². The Morgan fingerprint density at radius 1 is 1.40 bits per heavy atom. The average molecular weight is 276 g/mol. The number of methoxy groups -OCH3 is 1. The molecule has 1 aliphatic rings. The van der Waals surface area contributed by atoms with Crippen LogP contribution in [0.4, 0.5) is 4.79 Å². The Kier molecular flexibility index (Phi) is 3.22. The summed E-state index contributed by atoms with van der Waals surface area (Å²) < 4.78 is 9.80. The monoisotopic (exact) mass is 276 g/mol. The fraction of sp³-hybridized carbons (Fsp3) is 0.429. The van der Waals surface area contributed by atoms with E-state index in [0.29, 0.717) is 30.1 Å². The summed E-state index contributed by atoms with van der Waals surface area (Å²) in [5.41, 5.74) is 2.44. The Hall–Kier alpha value is -2.24. The Balaban J connectivity index is 1.76. The lowest BCUT2D eigenvalue weighted by Crippen LogP contribution is -2.37. The summed E-state index contributed by atoms with van der Waals surface area (Å²) in [6.07, 6.45) is 1.50. The minimum absolute atomic E-state index is 0.268. The van der Waals surface area contributed by atoms with E-state index in [0.717, 1.165) is 18.4 Å². The number of hydrogen-bond donors (Lipinski definition) is 1. The van der Waals surface area contributed by atoms with Crippen molar-refractivity contribution in [2.75, 3.05) is 20.2 Å². The first kappa shape index (κ1) is 12.8. The van der Waals surface area contributed by atoms with Gasteiger partial charge < -0.3 is 14.1 Å². The molecule has 1 aliphatic heterocycles. The van der Waals surface area contributed by atoms with Gasteiger partial charge in [-0.15, -0.1) is 0 Å². The molecule has 0 aliphatic carbocycles. The molecule has 0 bridgehead atoms. The molecule has 0 radical (unpaired) electrons. The first-order valence-electron chi connectivity index (χ1n) is 6.63. The van der Waals surface area contributed by atoms with Gasteiger partial charge in [0, 0.05) is 13.1 Å². The third-order valence-corrected chi connectivity index (χ3v) is 3.84. The second-order valence-corrected chi connectivity index (χ2v) is 5.00. The molecule has 0 unspecified atom stereocenters. The number of piperidine rings is 1. The molecule has 6 nitrogen and oxygen atoms in total. The highest BCUT2D eigenvalue weighted by Crippen LogP contribution is 2.29. The van der Waals surface area contributed by atoms with Crippen molar-refractivity contribution in [3.8, 4) is 0 Å². The molecule has 2 heterocycles. The predicted molar refractivity (Wildman–Crippen MR) is 72.8 cm³/mol. The number of fused-ring (bicyclic) bond motifs is 1. The van der Waals surface area contributed by atoms with Gasteiger partial charge in [0.05, 0.1) is 12.6 Å². The maximum absolute atomic E-state index is 11.4. The number of H-pyrrole nitrogens is 1. The second-order valence-electron chi connectivity index (χ2n) is 5.00. The molecule has 0 saturated carbocycles. The number of ether oxygens (including phenoxy) is 1. The molecular weight excluding hydrogens is 260 g/mol. The molecule has 0 atom stereocenters. The van der Waals surface area contributed by atoms with Crippen LogP contribution in [0.5, 0.6) is 0 Å². The van der Waals surface area contributed by atoms with Crippen LogP contribution in [0.2, 0.25) is 0 Å². The second kappa shape index (κ2) is 5.03. The van der Waals surface area contributed by atoms with E-state index in [9.17, 15) is 9.59 Å².